The zero-order valence-corrected chi connectivity index (χ0v) is 14.3. The molecule has 0 spiro atoms. The van der Waals surface area contributed by atoms with Crippen molar-refractivity contribution < 1.29 is 13.2 Å². The first-order valence-corrected chi connectivity index (χ1v) is 9.85. The van der Waals surface area contributed by atoms with Gasteiger partial charge in [0.25, 0.3) is 5.91 Å². The summed E-state index contributed by atoms with van der Waals surface area (Å²) in [7, 11) is -3.42. The molecule has 4 nitrogen and oxygen atoms in total. The van der Waals surface area contributed by atoms with E-state index >= 15 is 0 Å². The first-order valence-electron chi connectivity index (χ1n) is 8.20. The van der Waals surface area contributed by atoms with Gasteiger partial charge >= 0.3 is 0 Å². The molecule has 0 radical (unpaired) electrons. The lowest BCUT2D eigenvalue weighted by atomic mass is 10.1. The van der Waals surface area contributed by atoms with Gasteiger partial charge in [-0.15, -0.1) is 0 Å². The predicted octanol–water partition coefficient (Wildman–Crippen LogP) is 3.81. The molecule has 0 fully saturated rings. The maximum atomic E-state index is 12.9. The molecule has 25 heavy (non-hydrogen) atoms. The van der Waals surface area contributed by atoms with Gasteiger partial charge in [-0.3, -0.25) is 4.79 Å². The number of sulfone groups is 1. The molecule has 3 aromatic rings. The van der Waals surface area contributed by atoms with Crippen molar-refractivity contribution in [2.75, 3.05) is 11.1 Å². The molecular weight excluding hydrogens is 334 g/mol. The number of amides is 1. The molecule has 1 amide bonds. The van der Waals surface area contributed by atoms with E-state index in [1.54, 1.807) is 30.3 Å². The Kier molecular flexibility index (Phi) is 3.81. The summed E-state index contributed by atoms with van der Waals surface area (Å²) in [6.45, 7) is 0. The number of carbonyl (C=O) groups is 1. The Labute approximate surface area is 146 Å². The largest absolute Gasteiger partial charge is 0.321 e. The van der Waals surface area contributed by atoms with Crippen LogP contribution in [0.25, 0.3) is 10.8 Å². The fourth-order valence-electron chi connectivity index (χ4n) is 3.36. The van der Waals surface area contributed by atoms with Gasteiger partial charge in [-0.2, -0.15) is 0 Å². The second kappa shape index (κ2) is 6.01. The smallest absolute Gasteiger partial charge is 0.256 e. The van der Waals surface area contributed by atoms with E-state index in [4.69, 9.17) is 0 Å². The Hall–Kier alpha value is -2.66. The van der Waals surface area contributed by atoms with Gasteiger partial charge in [-0.05, 0) is 36.6 Å². The minimum Gasteiger partial charge on any atom is -0.321 e. The number of nitrogens with one attached hydrogen (secondary N) is 1. The van der Waals surface area contributed by atoms with Gasteiger partial charge in [0.1, 0.15) is 0 Å². The Balaban J connectivity index is 1.65. The number of rotatable bonds is 5. The van der Waals surface area contributed by atoms with Crippen molar-refractivity contribution in [1.29, 1.82) is 0 Å². The van der Waals surface area contributed by atoms with E-state index in [0.717, 1.165) is 12.0 Å². The number of aryl methyl sites for hydroxylation is 1. The number of hydrogen-bond donors (Lipinski definition) is 1. The Bertz CT molecular complexity index is 1070. The second-order valence-electron chi connectivity index (χ2n) is 6.20. The summed E-state index contributed by atoms with van der Waals surface area (Å²) in [5.41, 5.74) is 2.35. The minimum atomic E-state index is -3.42. The zero-order chi connectivity index (χ0) is 17.4. The van der Waals surface area contributed by atoms with Crippen LogP contribution in [-0.4, -0.2) is 20.1 Å². The summed E-state index contributed by atoms with van der Waals surface area (Å²) >= 11 is 0. The molecule has 0 aromatic heterocycles. The molecule has 0 bridgehead atoms. The lowest BCUT2D eigenvalue weighted by Gasteiger charge is -2.09. The molecule has 0 unspecified atom stereocenters. The van der Waals surface area contributed by atoms with E-state index in [0.29, 0.717) is 33.3 Å². The lowest BCUT2D eigenvalue weighted by molar-refractivity contribution is 0.103. The highest BCUT2D eigenvalue weighted by molar-refractivity contribution is 7.91. The van der Waals surface area contributed by atoms with Crippen molar-refractivity contribution in [2.24, 2.45) is 0 Å². The molecule has 0 saturated heterocycles. The Morgan fingerprint density at radius 3 is 2.48 bits per heavy atom. The normalized spacial score (nSPS) is 13.2. The van der Waals surface area contributed by atoms with Crippen LogP contribution in [-0.2, 0) is 16.3 Å². The molecule has 5 heteroatoms. The summed E-state index contributed by atoms with van der Waals surface area (Å²) in [6, 6.07) is 18.4. The highest BCUT2D eigenvalue weighted by Gasteiger charge is 2.25. The topological polar surface area (TPSA) is 63.2 Å². The molecule has 1 aliphatic rings. The monoisotopic (exact) mass is 351 g/mol. The van der Waals surface area contributed by atoms with Crippen LogP contribution in [0.3, 0.4) is 0 Å². The molecule has 0 aliphatic carbocycles. The maximum Gasteiger partial charge on any atom is 0.256 e. The van der Waals surface area contributed by atoms with E-state index in [2.05, 4.69) is 5.32 Å². The standard InChI is InChI=1S/C20H17NO3S/c22-20-16-10-4-9-15-18(12-11-17(21-20)19(15)16)25(23,24)13-5-8-14-6-2-1-3-7-14/h1-4,6-7,9-12H,5,8,13H2,(H,21,22). The summed E-state index contributed by atoms with van der Waals surface area (Å²) in [5.74, 6) is -0.0960. The second-order valence-corrected chi connectivity index (χ2v) is 8.28. The molecule has 3 aromatic carbocycles. The third-order valence-electron chi connectivity index (χ3n) is 4.55. The number of carbonyl (C=O) groups excluding carboxylic acids is 1. The average Bonchev–Trinajstić information content (AvgIpc) is 2.94. The van der Waals surface area contributed by atoms with Crippen LogP contribution < -0.4 is 5.32 Å². The van der Waals surface area contributed by atoms with Crippen LogP contribution in [0.15, 0.2) is 65.6 Å². The van der Waals surface area contributed by atoms with E-state index < -0.39 is 9.84 Å². The van der Waals surface area contributed by atoms with Crippen molar-refractivity contribution in [3.05, 3.63) is 71.8 Å². The van der Waals surface area contributed by atoms with Crippen LogP contribution in [0, 0.1) is 0 Å². The molecule has 126 valence electrons. The molecule has 1 N–H and O–H groups in total. The SMILES string of the molecule is O=C1Nc2ccc(S(=O)(=O)CCCc3ccccc3)c3cccc1c23. The highest BCUT2D eigenvalue weighted by atomic mass is 32.2. The first-order chi connectivity index (χ1) is 12.1. The third-order valence-corrected chi connectivity index (χ3v) is 6.40. The van der Waals surface area contributed by atoms with Gasteiger partial charge in [0.2, 0.25) is 0 Å². The molecule has 4 rings (SSSR count). The van der Waals surface area contributed by atoms with Crippen molar-refractivity contribution >= 4 is 32.2 Å². The van der Waals surface area contributed by atoms with Crippen LogP contribution in [0.4, 0.5) is 5.69 Å². The maximum absolute atomic E-state index is 12.9. The Morgan fingerprint density at radius 1 is 0.880 bits per heavy atom. The van der Waals surface area contributed by atoms with Gasteiger partial charge in [0, 0.05) is 22.0 Å². The third kappa shape index (κ3) is 2.81. The van der Waals surface area contributed by atoms with E-state index in [1.165, 1.54) is 0 Å². The van der Waals surface area contributed by atoms with Gasteiger partial charge < -0.3 is 5.32 Å². The lowest BCUT2D eigenvalue weighted by Crippen LogP contribution is -2.08. The van der Waals surface area contributed by atoms with Crippen molar-refractivity contribution in [3.8, 4) is 0 Å². The molecular formula is C20H17NO3S. The van der Waals surface area contributed by atoms with Crippen molar-refractivity contribution in [1.82, 2.24) is 0 Å². The van der Waals surface area contributed by atoms with E-state index in [9.17, 15) is 13.2 Å². The van der Waals surface area contributed by atoms with Gasteiger partial charge in [-0.25, -0.2) is 8.42 Å². The number of benzene rings is 3. The first kappa shape index (κ1) is 15.8. The van der Waals surface area contributed by atoms with E-state index in [-0.39, 0.29) is 11.7 Å². The predicted molar refractivity (Wildman–Crippen MR) is 98.7 cm³/mol. The summed E-state index contributed by atoms with van der Waals surface area (Å²) in [5, 5.41) is 4.10. The summed E-state index contributed by atoms with van der Waals surface area (Å²) < 4.78 is 25.7. The van der Waals surface area contributed by atoms with E-state index in [1.807, 2.05) is 30.3 Å². The fourth-order valence-corrected chi connectivity index (χ4v) is 4.88. The van der Waals surface area contributed by atoms with Gasteiger partial charge in [0.15, 0.2) is 9.84 Å². The molecule has 0 saturated carbocycles. The summed E-state index contributed by atoms with van der Waals surface area (Å²) in [6.07, 6.45) is 1.29. The fraction of sp³-hybridized carbons (Fsp3) is 0.150. The summed E-state index contributed by atoms with van der Waals surface area (Å²) in [4.78, 5) is 12.3. The average molecular weight is 351 g/mol. The van der Waals surface area contributed by atoms with Crippen molar-refractivity contribution in [2.45, 2.75) is 17.7 Å². The molecule has 1 aliphatic heterocycles. The van der Waals surface area contributed by atoms with Crippen LogP contribution in [0.5, 0.6) is 0 Å². The van der Waals surface area contributed by atoms with Gasteiger partial charge in [-0.1, -0.05) is 42.5 Å². The van der Waals surface area contributed by atoms with Crippen LogP contribution in [0.1, 0.15) is 22.3 Å². The molecule has 1 heterocycles. The number of hydrogen-bond acceptors (Lipinski definition) is 3. The highest BCUT2D eigenvalue weighted by Crippen LogP contribution is 2.36. The zero-order valence-electron chi connectivity index (χ0n) is 13.5. The quantitative estimate of drug-likeness (QED) is 0.760. The van der Waals surface area contributed by atoms with Crippen LogP contribution in [0.2, 0.25) is 0 Å². The van der Waals surface area contributed by atoms with Crippen LogP contribution >= 0.6 is 0 Å². The van der Waals surface area contributed by atoms with Gasteiger partial charge in [0.05, 0.1) is 10.6 Å². The minimum absolute atomic E-state index is 0.0853. The van der Waals surface area contributed by atoms with Crippen molar-refractivity contribution in [3.63, 3.8) is 0 Å². The Morgan fingerprint density at radius 2 is 1.68 bits per heavy atom. The number of anilines is 1. The molecule has 0 atom stereocenters.